The minimum atomic E-state index is -0.411. The number of aryl methyl sites for hydroxylation is 3. The Kier molecular flexibility index (Phi) is 10.7. The average molecular weight is 580 g/mol. The molecule has 0 aliphatic heterocycles. The van der Waals surface area contributed by atoms with Gasteiger partial charge < -0.3 is 37.2 Å². The number of allylic oxidation sites excluding steroid dienone is 4. The topological polar surface area (TPSA) is 0 Å². The van der Waals surface area contributed by atoms with Crippen LogP contribution in [0.1, 0.15) is 38.9 Å². The molecule has 4 aromatic rings. The third-order valence-electron chi connectivity index (χ3n) is 7.06. The summed E-state index contributed by atoms with van der Waals surface area (Å²) in [5.74, 6) is 0. The van der Waals surface area contributed by atoms with Crippen molar-refractivity contribution in [1.82, 2.24) is 0 Å². The van der Waals surface area contributed by atoms with Crippen molar-refractivity contribution in [2.75, 3.05) is 0 Å². The van der Waals surface area contributed by atoms with Crippen molar-refractivity contribution < 1.29 is 57.7 Å². The molecule has 0 fully saturated rings. The zero-order valence-corrected chi connectivity index (χ0v) is 25.0. The van der Waals surface area contributed by atoms with E-state index in [-0.39, 0.29) is 40.9 Å². The Bertz CT molecular complexity index is 1300. The Morgan fingerprint density at radius 1 is 0.568 bits per heavy atom. The van der Waals surface area contributed by atoms with Gasteiger partial charge in [-0.25, -0.2) is 0 Å². The zero-order valence-electron chi connectivity index (χ0n) is 21.2. The van der Waals surface area contributed by atoms with Crippen molar-refractivity contribution >= 4 is 5.57 Å². The maximum absolute atomic E-state index is 2.42. The van der Waals surface area contributed by atoms with Gasteiger partial charge in [0.05, 0.1) is 0 Å². The second kappa shape index (κ2) is 12.7. The van der Waals surface area contributed by atoms with E-state index in [4.69, 9.17) is 0 Å². The van der Waals surface area contributed by atoms with E-state index in [1.54, 1.807) is 0 Å². The first-order valence-corrected chi connectivity index (χ1v) is 12.6. The summed E-state index contributed by atoms with van der Waals surface area (Å²) in [7, 11) is 0. The van der Waals surface area contributed by atoms with Crippen LogP contribution < -0.4 is 37.2 Å². The van der Waals surface area contributed by atoms with Crippen molar-refractivity contribution in [3.8, 4) is 0 Å². The molecule has 0 radical (unpaired) electrons. The van der Waals surface area contributed by atoms with Gasteiger partial charge in [0.2, 0.25) is 0 Å². The van der Waals surface area contributed by atoms with Crippen molar-refractivity contribution in [3.63, 3.8) is 0 Å². The molecule has 4 aromatic carbocycles. The van der Waals surface area contributed by atoms with Crippen LogP contribution in [-0.2, 0) is 25.9 Å². The van der Waals surface area contributed by atoms with E-state index < -0.39 is 5.41 Å². The van der Waals surface area contributed by atoms with Crippen molar-refractivity contribution in [2.45, 2.75) is 29.9 Å². The van der Waals surface area contributed by atoms with Crippen molar-refractivity contribution in [3.05, 3.63) is 160 Å². The summed E-state index contributed by atoms with van der Waals surface area (Å²) in [6, 6.07) is 38.2. The summed E-state index contributed by atoms with van der Waals surface area (Å²) in [4.78, 5) is 0. The van der Waals surface area contributed by atoms with E-state index >= 15 is 0 Å². The normalized spacial score (nSPS) is 16.2. The number of hydrogen-bond donors (Lipinski definition) is 0. The Morgan fingerprint density at radius 3 is 1.41 bits per heavy atom. The molecular weight excluding hydrogens is 551 g/mol. The van der Waals surface area contributed by atoms with Gasteiger partial charge in [-0.05, 0) is 0 Å². The summed E-state index contributed by atoms with van der Waals surface area (Å²) >= 11 is 2.42. The van der Waals surface area contributed by atoms with Crippen LogP contribution in [-0.4, -0.2) is 0 Å². The monoisotopic (exact) mass is 578 g/mol. The van der Waals surface area contributed by atoms with E-state index in [9.17, 15) is 0 Å². The largest absolute Gasteiger partial charge is 1.00 e. The fourth-order valence-corrected chi connectivity index (χ4v) is 6.78. The second-order valence-electron chi connectivity index (χ2n) is 9.47. The van der Waals surface area contributed by atoms with Crippen LogP contribution >= 0.6 is 0 Å². The fourth-order valence-electron chi connectivity index (χ4n) is 5.60. The molecule has 1 unspecified atom stereocenters. The quantitative estimate of drug-likeness (QED) is 0.217. The van der Waals surface area contributed by atoms with Gasteiger partial charge in [-0.1, -0.05) is 0 Å². The minimum absolute atomic E-state index is 0. The zero-order chi connectivity index (χ0) is 23.8. The average Bonchev–Trinajstić information content (AvgIpc) is 3.23. The van der Waals surface area contributed by atoms with Gasteiger partial charge in [-0.3, -0.25) is 0 Å². The molecule has 1 aliphatic carbocycles. The van der Waals surface area contributed by atoms with Crippen LogP contribution in [0.5, 0.6) is 0 Å². The molecular formula is C33H29Cl3Ti. The first kappa shape index (κ1) is 31.2. The van der Waals surface area contributed by atoms with Crippen LogP contribution in [0.15, 0.2) is 121 Å². The number of halogens is 3. The van der Waals surface area contributed by atoms with Crippen LogP contribution in [0.4, 0.5) is 0 Å². The second-order valence-corrected chi connectivity index (χ2v) is 10.7. The van der Waals surface area contributed by atoms with Gasteiger partial charge >= 0.3 is 216 Å². The number of benzene rings is 4. The molecule has 5 rings (SSSR count). The first-order valence-electron chi connectivity index (χ1n) is 11.9. The third kappa shape index (κ3) is 5.42. The molecule has 0 amide bonds. The molecule has 0 bridgehead atoms. The van der Waals surface area contributed by atoms with Gasteiger partial charge in [0.1, 0.15) is 0 Å². The van der Waals surface area contributed by atoms with Crippen LogP contribution in [0.3, 0.4) is 0 Å². The Morgan fingerprint density at radius 2 is 1.00 bits per heavy atom. The van der Waals surface area contributed by atoms with E-state index in [1.165, 1.54) is 44.5 Å². The smallest absolute Gasteiger partial charge is 1.00 e. The minimum Gasteiger partial charge on any atom is -1.00 e. The van der Waals surface area contributed by atoms with Crippen molar-refractivity contribution in [2.24, 2.45) is 0 Å². The van der Waals surface area contributed by atoms with Gasteiger partial charge in [-0.2, -0.15) is 0 Å². The number of hydrogen-bond acceptors (Lipinski definition) is 0. The van der Waals surface area contributed by atoms with Crippen LogP contribution in [0, 0.1) is 20.8 Å². The molecule has 0 saturated heterocycles. The maximum atomic E-state index is 2.42. The summed E-state index contributed by atoms with van der Waals surface area (Å²) in [6.45, 7) is 6.59. The molecule has 4 heteroatoms. The molecule has 0 aromatic heterocycles. The van der Waals surface area contributed by atoms with Gasteiger partial charge in [0, 0.05) is 0 Å². The first-order chi connectivity index (χ1) is 16.4. The predicted octanol–water partition coefficient (Wildman–Crippen LogP) is -0.683. The summed E-state index contributed by atoms with van der Waals surface area (Å²) in [5.41, 5.74) is 9.99. The molecule has 37 heavy (non-hydrogen) atoms. The summed E-state index contributed by atoms with van der Waals surface area (Å²) in [5, 5.41) is 0. The van der Waals surface area contributed by atoms with Gasteiger partial charge in [-0.15, -0.1) is 0 Å². The molecule has 0 nitrogen and oxygen atoms in total. The molecule has 1 aliphatic rings. The Labute approximate surface area is 251 Å². The Hall–Kier alpha value is -2.06. The van der Waals surface area contributed by atoms with Crippen LogP contribution in [0.25, 0.3) is 5.57 Å². The summed E-state index contributed by atoms with van der Waals surface area (Å²) < 4.78 is -0.302. The molecule has 0 heterocycles. The molecule has 0 saturated carbocycles. The van der Waals surface area contributed by atoms with E-state index in [2.05, 4.69) is 163 Å². The number of rotatable bonds is 5. The summed E-state index contributed by atoms with van der Waals surface area (Å²) in [6.07, 6.45) is 6.98. The molecule has 186 valence electrons. The maximum Gasteiger partial charge on any atom is -1.00 e. The fraction of sp³-hybridized carbons (Fsp3) is 0.152. The van der Waals surface area contributed by atoms with Crippen molar-refractivity contribution in [1.29, 1.82) is 0 Å². The van der Waals surface area contributed by atoms with Gasteiger partial charge in [0.25, 0.3) is 0 Å². The third-order valence-corrected chi connectivity index (χ3v) is 8.33. The molecule has 0 N–H and O–H groups in total. The molecule has 1 atom stereocenters. The predicted molar refractivity (Wildman–Crippen MR) is 140 cm³/mol. The Balaban J connectivity index is 0.00000160. The van der Waals surface area contributed by atoms with Crippen LogP contribution in [0.2, 0.25) is 3.72 Å². The van der Waals surface area contributed by atoms with Gasteiger partial charge in [0.15, 0.2) is 0 Å². The van der Waals surface area contributed by atoms with E-state index in [0.717, 1.165) is 0 Å². The standard InChI is InChI=1S/C33H29.3ClH.Ti/c1-24-11-7-16-28(21-24)33(29-17-8-12-25(2)22-29,30-18-9-13-26(3)23-30)32-20-10-19-31(32)27-14-5-4-6-15-27;;;;/h4-23H,1-3H3;3*1H;/q;;;;+3/p-3. The SMILES string of the molecule is Cc1cccc(C(c2cccc(C)c2)(c2cccc(C)c2)[C]2([Ti+3])C=CC=C2c2ccccc2)c1.[Cl-].[Cl-].[Cl-]. The van der Waals surface area contributed by atoms with E-state index in [1.807, 2.05) is 0 Å². The van der Waals surface area contributed by atoms with E-state index in [0.29, 0.717) is 0 Å². The molecule has 0 spiro atoms.